The molecular weight excluding hydrogens is 476 g/mol. The first-order chi connectivity index (χ1) is 17.4. The first-order valence-electron chi connectivity index (χ1n) is 11.8. The van der Waals surface area contributed by atoms with Crippen LogP contribution in [0.4, 0.5) is 11.4 Å². The van der Waals surface area contributed by atoms with Crippen molar-refractivity contribution >= 4 is 40.9 Å². The molecule has 36 heavy (non-hydrogen) atoms. The summed E-state index contributed by atoms with van der Waals surface area (Å²) >= 11 is 1.37. The molecule has 8 heteroatoms. The third kappa shape index (κ3) is 8.78. The van der Waals surface area contributed by atoms with Gasteiger partial charge in [-0.25, -0.2) is 4.79 Å². The Balaban J connectivity index is 1.48. The summed E-state index contributed by atoms with van der Waals surface area (Å²) < 4.78 is 10.7. The minimum Gasteiger partial charge on any atom is -0.484 e. The van der Waals surface area contributed by atoms with Crippen molar-refractivity contribution in [2.75, 3.05) is 23.8 Å². The molecule has 0 radical (unpaired) electrons. The molecule has 3 aromatic carbocycles. The van der Waals surface area contributed by atoms with Gasteiger partial charge in [-0.15, -0.1) is 11.8 Å². The number of hydrogen-bond acceptors (Lipinski definition) is 6. The number of para-hydroxylation sites is 1. The van der Waals surface area contributed by atoms with Gasteiger partial charge in [0.25, 0.3) is 5.91 Å². The molecule has 2 amide bonds. The molecule has 0 spiro atoms. The molecule has 0 bridgehead atoms. The van der Waals surface area contributed by atoms with Crippen LogP contribution in [0.2, 0.25) is 0 Å². The second-order valence-corrected chi connectivity index (χ2v) is 9.41. The van der Waals surface area contributed by atoms with Gasteiger partial charge in [-0.05, 0) is 67.9 Å². The Morgan fingerprint density at radius 2 is 1.64 bits per heavy atom. The maximum absolute atomic E-state index is 12.7. The number of hydrogen-bond donors (Lipinski definition) is 2. The maximum Gasteiger partial charge on any atom is 0.338 e. The van der Waals surface area contributed by atoms with Gasteiger partial charge >= 0.3 is 5.97 Å². The summed E-state index contributed by atoms with van der Waals surface area (Å²) in [6.07, 6.45) is 1.78. The highest BCUT2D eigenvalue weighted by Crippen LogP contribution is 2.27. The number of ether oxygens (including phenoxy) is 2. The van der Waals surface area contributed by atoms with E-state index in [0.29, 0.717) is 29.3 Å². The van der Waals surface area contributed by atoms with Crippen LogP contribution in [0.1, 0.15) is 37.0 Å². The topological polar surface area (TPSA) is 93.7 Å². The summed E-state index contributed by atoms with van der Waals surface area (Å²) in [7, 11) is 0. The molecule has 0 aliphatic carbocycles. The van der Waals surface area contributed by atoms with E-state index in [-0.39, 0.29) is 24.4 Å². The molecule has 0 aromatic heterocycles. The van der Waals surface area contributed by atoms with Gasteiger partial charge in [0.05, 0.1) is 17.4 Å². The van der Waals surface area contributed by atoms with Crippen LogP contribution in [0.25, 0.3) is 0 Å². The lowest BCUT2D eigenvalue weighted by atomic mass is 10.2. The molecule has 0 heterocycles. The van der Waals surface area contributed by atoms with Gasteiger partial charge in [0.2, 0.25) is 5.91 Å². The van der Waals surface area contributed by atoms with Crippen LogP contribution >= 0.6 is 11.8 Å². The quantitative estimate of drug-likeness (QED) is 0.184. The minimum atomic E-state index is -0.393. The van der Waals surface area contributed by atoms with E-state index in [1.807, 2.05) is 43.3 Å². The lowest BCUT2D eigenvalue weighted by Crippen LogP contribution is -2.22. The standard InChI is InChI=1S/C28H30N2O5S/c1-3-4-17-34-28(33)21-13-15-22(16-14-21)30-27(32)20(2)36-25-12-8-9-23(18-25)29-26(31)19-35-24-10-6-5-7-11-24/h5-16,18,20H,3-4,17,19H2,1-2H3,(H,29,31)(H,30,32). The third-order valence-corrected chi connectivity index (χ3v) is 6.13. The number of thioether (sulfide) groups is 1. The van der Waals surface area contributed by atoms with E-state index in [0.717, 1.165) is 17.7 Å². The fourth-order valence-corrected chi connectivity index (χ4v) is 4.02. The number of anilines is 2. The van der Waals surface area contributed by atoms with E-state index < -0.39 is 5.25 Å². The molecule has 0 aliphatic rings. The second kappa shape index (κ2) is 13.9. The van der Waals surface area contributed by atoms with Crippen LogP contribution in [-0.4, -0.2) is 36.2 Å². The summed E-state index contributed by atoms with van der Waals surface area (Å²) in [5.74, 6) is -0.198. The highest BCUT2D eigenvalue weighted by atomic mass is 32.2. The predicted molar refractivity (Wildman–Crippen MR) is 143 cm³/mol. The molecule has 3 aromatic rings. The van der Waals surface area contributed by atoms with Crippen LogP contribution in [0.3, 0.4) is 0 Å². The molecule has 0 saturated carbocycles. The van der Waals surface area contributed by atoms with Crippen molar-refractivity contribution in [3.05, 3.63) is 84.4 Å². The summed E-state index contributed by atoms with van der Waals surface area (Å²) in [5.41, 5.74) is 1.66. The Kier molecular flexibility index (Phi) is 10.4. The number of benzene rings is 3. The Morgan fingerprint density at radius 3 is 2.36 bits per heavy atom. The zero-order valence-electron chi connectivity index (χ0n) is 20.4. The molecule has 188 valence electrons. The van der Waals surface area contributed by atoms with Crippen molar-refractivity contribution in [3.63, 3.8) is 0 Å². The smallest absolute Gasteiger partial charge is 0.338 e. The van der Waals surface area contributed by atoms with E-state index in [9.17, 15) is 14.4 Å². The molecule has 0 aliphatic heterocycles. The maximum atomic E-state index is 12.7. The second-order valence-electron chi connectivity index (χ2n) is 7.99. The molecule has 7 nitrogen and oxygen atoms in total. The number of unbranched alkanes of at least 4 members (excludes halogenated alkanes) is 1. The molecule has 3 rings (SSSR count). The summed E-state index contributed by atoms with van der Waals surface area (Å²) in [6, 6.07) is 23.0. The molecule has 2 N–H and O–H groups in total. The number of rotatable bonds is 12. The molecular formula is C28H30N2O5S. The van der Waals surface area contributed by atoms with E-state index in [2.05, 4.69) is 10.6 Å². The number of esters is 1. The molecule has 1 atom stereocenters. The van der Waals surface area contributed by atoms with Crippen molar-refractivity contribution in [1.29, 1.82) is 0 Å². The van der Waals surface area contributed by atoms with Gasteiger partial charge in [0, 0.05) is 16.3 Å². The third-order valence-electron chi connectivity index (χ3n) is 5.03. The zero-order chi connectivity index (χ0) is 25.8. The van der Waals surface area contributed by atoms with Crippen LogP contribution in [-0.2, 0) is 14.3 Å². The van der Waals surface area contributed by atoms with E-state index >= 15 is 0 Å². The predicted octanol–water partition coefficient (Wildman–Crippen LogP) is 5.78. The summed E-state index contributed by atoms with van der Waals surface area (Å²) in [4.78, 5) is 37.8. The molecule has 1 unspecified atom stereocenters. The van der Waals surface area contributed by atoms with Crippen molar-refractivity contribution in [1.82, 2.24) is 0 Å². The Labute approximate surface area is 215 Å². The van der Waals surface area contributed by atoms with Crippen LogP contribution in [0.15, 0.2) is 83.8 Å². The Hall–Kier alpha value is -3.78. The monoisotopic (exact) mass is 506 g/mol. The van der Waals surface area contributed by atoms with Crippen LogP contribution in [0.5, 0.6) is 5.75 Å². The van der Waals surface area contributed by atoms with Crippen molar-refractivity contribution < 1.29 is 23.9 Å². The number of amides is 2. The lowest BCUT2D eigenvalue weighted by Gasteiger charge is -2.13. The fraction of sp³-hybridized carbons (Fsp3) is 0.250. The Bertz CT molecular complexity index is 1150. The molecule has 0 saturated heterocycles. The van der Waals surface area contributed by atoms with Gasteiger partial charge in [-0.1, -0.05) is 37.6 Å². The SMILES string of the molecule is CCCCOC(=O)c1ccc(NC(=O)C(C)Sc2cccc(NC(=O)COc3ccccc3)c2)cc1. The first-order valence-corrected chi connectivity index (χ1v) is 12.6. The van der Waals surface area contributed by atoms with Gasteiger partial charge in [-0.3, -0.25) is 9.59 Å². The summed E-state index contributed by atoms with van der Waals surface area (Å²) in [6.45, 7) is 4.13. The van der Waals surface area contributed by atoms with Crippen molar-refractivity contribution in [2.45, 2.75) is 36.8 Å². The van der Waals surface area contributed by atoms with Crippen LogP contribution < -0.4 is 15.4 Å². The van der Waals surface area contributed by atoms with Crippen molar-refractivity contribution in [2.24, 2.45) is 0 Å². The fourth-order valence-electron chi connectivity index (χ4n) is 3.09. The Morgan fingerprint density at radius 1 is 0.889 bits per heavy atom. The van der Waals surface area contributed by atoms with Crippen molar-refractivity contribution in [3.8, 4) is 5.75 Å². The highest BCUT2D eigenvalue weighted by Gasteiger charge is 2.16. The average molecular weight is 507 g/mol. The lowest BCUT2D eigenvalue weighted by molar-refractivity contribution is -0.118. The largest absolute Gasteiger partial charge is 0.484 e. The van der Waals surface area contributed by atoms with E-state index in [1.54, 1.807) is 49.4 Å². The van der Waals surface area contributed by atoms with Gasteiger partial charge in [0.15, 0.2) is 6.61 Å². The van der Waals surface area contributed by atoms with Crippen LogP contribution in [0, 0.1) is 0 Å². The van der Waals surface area contributed by atoms with Gasteiger partial charge in [-0.2, -0.15) is 0 Å². The highest BCUT2D eigenvalue weighted by molar-refractivity contribution is 8.00. The van der Waals surface area contributed by atoms with Gasteiger partial charge in [0.1, 0.15) is 5.75 Å². The van der Waals surface area contributed by atoms with Gasteiger partial charge < -0.3 is 20.1 Å². The van der Waals surface area contributed by atoms with E-state index in [4.69, 9.17) is 9.47 Å². The zero-order valence-corrected chi connectivity index (χ0v) is 21.2. The normalized spacial score (nSPS) is 11.3. The number of carbonyl (C=O) groups excluding carboxylic acids is 3. The van der Waals surface area contributed by atoms with E-state index in [1.165, 1.54) is 11.8 Å². The first kappa shape index (κ1) is 26.8. The summed E-state index contributed by atoms with van der Waals surface area (Å²) in [5, 5.41) is 5.28. The average Bonchev–Trinajstić information content (AvgIpc) is 2.89. The molecule has 0 fully saturated rings. The number of carbonyl (C=O) groups is 3. The number of nitrogens with one attached hydrogen (secondary N) is 2. The minimum absolute atomic E-state index is 0.102.